The molecule has 0 saturated heterocycles. The molecule has 0 aliphatic carbocycles. The standard InChI is InChI=1S/C14H21ClFNO/c1-3-8-17-9-4-5-11(2)18-12-6-7-13(15)14(16)10-12/h6-7,10-11,17H,3-5,8-9H2,1-2H3. The summed E-state index contributed by atoms with van der Waals surface area (Å²) >= 11 is 5.61. The zero-order valence-electron chi connectivity index (χ0n) is 11.0. The van der Waals surface area contributed by atoms with E-state index in [-0.39, 0.29) is 11.1 Å². The molecule has 1 aromatic rings. The molecule has 2 nitrogen and oxygen atoms in total. The molecule has 0 fully saturated rings. The van der Waals surface area contributed by atoms with E-state index in [1.54, 1.807) is 6.07 Å². The van der Waals surface area contributed by atoms with Crippen LogP contribution in [0.2, 0.25) is 5.02 Å². The van der Waals surface area contributed by atoms with Crippen molar-refractivity contribution in [2.24, 2.45) is 0 Å². The van der Waals surface area contributed by atoms with Gasteiger partial charge in [0.05, 0.1) is 11.1 Å². The third-order valence-electron chi connectivity index (χ3n) is 2.62. The SMILES string of the molecule is CCCNCCCC(C)Oc1ccc(Cl)c(F)c1. The molecule has 0 aliphatic rings. The van der Waals surface area contributed by atoms with Crippen molar-refractivity contribution in [2.45, 2.75) is 39.2 Å². The lowest BCUT2D eigenvalue weighted by Crippen LogP contribution is -2.19. The molecule has 1 rings (SSSR count). The van der Waals surface area contributed by atoms with E-state index in [0.717, 1.165) is 32.4 Å². The first-order valence-electron chi connectivity index (χ1n) is 6.46. The average molecular weight is 274 g/mol. The predicted molar refractivity (Wildman–Crippen MR) is 73.9 cm³/mol. The van der Waals surface area contributed by atoms with Crippen molar-refractivity contribution >= 4 is 11.6 Å². The van der Waals surface area contributed by atoms with Gasteiger partial charge in [0.15, 0.2) is 0 Å². The van der Waals surface area contributed by atoms with Gasteiger partial charge in [-0.05, 0) is 51.4 Å². The van der Waals surface area contributed by atoms with Gasteiger partial charge in [0.25, 0.3) is 0 Å². The molecule has 1 atom stereocenters. The second-order valence-corrected chi connectivity index (χ2v) is 4.80. The van der Waals surface area contributed by atoms with Crippen LogP contribution in [0.25, 0.3) is 0 Å². The molecule has 1 unspecified atom stereocenters. The molecular weight excluding hydrogens is 253 g/mol. The fourth-order valence-corrected chi connectivity index (χ4v) is 1.78. The van der Waals surface area contributed by atoms with E-state index >= 15 is 0 Å². The van der Waals surface area contributed by atoms with Gasteiger partial charge in [-0.1, -0.05) is 18.5 Å². The van der Waals surface area contributed by atoms with Crippen molar-refractivity contribution in [3.8, 4) is 5.75 Å². The third-order valence-corrected chi connectivity index (χ3v) is 2.93. The minimum absolute atomic E-state index is 0.0778. The molecule has 0 aromatic heterocycles. The first-order valence-corrected chi connectivity index (χ1v) is 6.83. The molecule has 0 bridgehead atoms. The Balaban J connectivity index is 2.26. The molecular formula is C14H21ClFNO. The van der Waals surface area contributed by atoms with Crippen LogP contribution in [0, 0.1) is 5.82 Å². The Labute approximate surface area is 113 Å². The smallest absolute Gasteiger partial charge is 0.145 e. The van der Waals surface area contributed by atoms with E-state index in [1.165, 1.54) is 12.1 Å². The highest BCUT2D eigenvalue weighted by atomic mass is 35.5. The van der Waals surface area contributed by atoms with Gasteiger partial charge in [-0.2, -0.15) is 0 Å². The van der Waals surface area contributed by atoms with Crippen LogP contribution in [-0.2, 0) is 0 Å². The first-order chi connectivity index (χ1) is 8.63. The summed E-state index contributed by atoms with van der Waals surface area (Å²) in [5.41, 5.74) is 0. The number of halogens is 2. The fraction of sp³-hybridized carbons (Fsp3) is 0.571. The van der Waals surface area contributed by atoms with Gasteiger partial charge >= 0.3 is 0 Å². The Hall–Kier alpha value is -0.800. The lowest BCUT2D eigenvalue weighted by Gasteiger charge is -2.15. The maximum atomic E-state index is 13.2. The number of hydrogen-bond donors (Lipinski definition) is 1. The second kappa shape index (κ2) is 8.33. The first kappa shape index (κ1) is 15.3. The number of hydrogen-bond acceptors (Lipinski definition) is 2. The van der Waals surface area contributed by atoms with Crippen molar-refractivity contribution < 1.29 is 9.13 Å². The van der Waals surface area contributed by atoms with E-state index in [2.05, 4.69) is 12.2 Å². The molecule has 0 aliphatic heterocycles. The van der Waals surface area contributed by atoms with Crippen LogP contribution in [0.15, 0.2) is 18.2 Å². The zero-order chi connectivity index (χ0) is 13.4. The summed E-state index contributed by atoms with van der Waals surface area (Å²) in [5.74, 6) is 0.0943. The van der Waals surface area contributed by atoms with Gasteiger partial charge in [0.2, 0.25) is 0 Å². The monoisotopic (exact) mass is 273 g/mol. The Morgan fingerprint density at radius 2 is 2.17 bits per heavy atom. The maximum absolute atomic E-state index is 13.2. The van der Waals surface area contributed by atoms with Crippen LogP contribution < -0.4 is 10.1 Å². The largest absolute Gasteiger partial charge is 0.491 e. The second-order valence-electron chi connectivity index (χ2n) is 4.40. The summed E-state index contributed by atoms with van der Waals surface area (Å²) in [6.45, 7) is 6.19. The molecule has 0 spiro atoms. The summed E-state index contributed by atoms with van der Waals surface area (Å²) in [4.78, 5) is 0. The Morgan fingerprint density at radius 3 is 2.83 bits per heavy atom. The van der Waals surface area contributed by atoms with Crippen LogP contribution in [-0.4, -0.2) is 19.2 Å². The van der Waals surface area contributed by atoms with Crippen LogP contribution in [0.4, 0.5) is 4.39 Å². The Kier molecular flexibility index (Phi) is 7.06. The Morgan fingerprint density at radius 1 is 1.39 bits per heavy atom. The maximum Gasteiger partial charge on any atom is 0.145 e. The topological polar surface area (TPSA) is 21.3 Å². The van der Waals surface area contributed by atoms with E-state index in [9.17, 15) is 4.39 Å². The normalized spacial score (nSPS) is 12.4. The quantitative estimate of drug-likeness (QED) is 0.722. The van der Waals surface area contributed by atoms with Crippen molar-refractivity contribution in [1.29, 1.82) is 0 Å². The number of ether oxygens (including phenoxy) is 1. The van der Waals surface area contributed by atoms with Crippen LogP contribution >= 0.6 is 11.6 Å². The molecule has 0 radical (unpaired) electrons. The van der Waals surface area contributed by atoms with Gasteiger partial charge in [0, 0.05) is 6.07 Å². The summed E-state index contributed by atoms with van der Waals surface area (Å²) in [6, 6.07) is 4.53. The van der Waals surface area contributed by atoms with Gasteiger partial charge in [0.1, 0.15) is 11.6 Å². The number of nitrogens with one attached hydrogen (secondary N) is 1. The number of benzene rings is 1. The average Bonchev–Trinajstić information content (AvgIpc) is 2.34. The van der Waals surface area contributed by atoms with E-state index in [0.29, 0.717) is 5.75 Å². The highest BCUT2D eigenvalue weighted by Gasteiger charge is 2.06. The molecule has 102 valence electrons. The third kappa shape index (κ3) is 5.69. The fourth-order valence-electron chi connectivity index (χ4n) is 1.66. The lowest BCUT2D eigenvalue weighted by atomic mass is 10.2. The van der Waals surface area contributed by atoms with Crippen molar-refractivity contribution in [3.63, 3.8) is 0 Å². The molecule has 18 heavy (non-hydrogen) atoms. The predicted octanol–water partition coefficient (Wildman–Crippen LogP) is 4.03. The highest BCUT2D eigenvalue weighted by molar-refractivity contribution is 6.30. The molecule has 1 N–H and O–H groups in total. The summed E-state index contributed by atoms with van der Waals surface area (Å²) in [5, 5.41) is 3.46. The number of rotatable bonds is 8. The summed E-state index contributed by atoms with van der Waals surface area (Å²) < 4.78 is 18.8. The molecule has 0 amide bonds. The van der Waals surface area contributed by atoms with Gasteiger partial charge in [-0.25, -0.2) is 4.39 Å². The van der Waals surface area contributed by atoms with Gasteiger partial charge in [-0.3, -0.25) is 0 Å². The summed E-state index contributed by atoms with van der Waals surface area (Å²) in [6.07, 6.45) is 3.22. The van der Waals surface area contributed by atoms with Crippen LogP contribution in [0.3, 0.4) is 0 Å². The van der Waals surface area contributed by atoms with Crippen molar-refractivity contribution in [2.75, 3.05) is 13.1 Å². The van der Waals surface area contributed by atoms with Gasteiger partial charge in [-0.15, -0.1) is 0 Å². The van der Waals surface area contributed by atoms with E-state index < -0.39 is 5.82 Å². The van der Waals surface area contributed by atoms with Crippen LogP contribution in [0.5, 0.6) is 5.75 Å². The van der Waals surface area contributed by atoms with Gasteiger partial charge < -0.3 is 10.1 Å². The Bertz CT molecular complexity index is 360. The lowest BCUT2D eigenvalue weighted by molar-refractivity contribution is 0.207. The van der Waals surface area contributed by atoms with E-state index in [1.807, 2.05) is 6.92 Å². The molecule has 0 saturated carbocycles. The minimum atomic E-state index is -0.439. The minimum Gasteiger partial charge on any atom is -0.491 e. The van der Waals surface area contributed by atoms with E-state index in [4.69, 9.17) is 16.3 Å². The van der Waals surface area contributed by atoms with Crippen molar-refractivity contribution in [1.82, 2.24) is 5.32 Å². The molecule has 0 heterocycles. The summed E-state index contributed by atoms with van der Waals surface area (Å²) in [7, 11) is 0. The van der Waals surface area contributed by atoms with Crippen molar-refractivity contribution in [3.05, 3.63) is 29.0 Å². The molecule has 4 heteroatoms. The highest BCUT2D eigenvalue weighted by Crippen LogP contribution is 2.21. The zero-order valence-corrected chi connectivity index (χ0v) is 11.8. The van der Waals surface area contributed by atoms with Crippen LogP contribution in [0.1, 0.15) is 33.1 Å². The molecule has 1 aromatic carbocycles.